The molecule has 0 aliphatic heterocycles. The van der Waals surface area contributed by atoms with Crippen molar-refractivity contribution in [2.45, 2.75) is 13.8 Å². The fraction of sp³-hybridized carbons (Fsp3) is 0.286. The minimum absolute atomic E-state index is 0.324. The van der Waals surface area contributed by atoms with E-state index in [0.29, 0.717) is 11.5 Å². The van der Waals surface area contributed by atoms with E-state index < -0.39 is 0 Å². The Balaban J connectivity index is 4.14. The molecule has 0 radical (unpaired) electrons. The first-order valence-electron chi connectivity index (χ1n) is 2.86. The first kappa shape index (κ1) is 8.88. The van der Waals surface area contributed by atoms with Crippen LogP contribution in [0.1, 0.15) is 13.8 Å². The Labute approximate surface area is 60.0 Å². The second kappa shape index (κ2) is 3.82. The van der Waals surface area contributed by atoms with Crippen LogP contribution in [-0.2, 0) is 0 Å². The van der Waals surface area contributed by atoms with Crippen molar-refractivity contribution in [2.75, 3.05) is 0 Å². The minimum atomic E-state index is -0.324. The van der Waals surface area contributed by atoms with Gasteiger partial charge in [-0.3, -0.25) is 0 Å². The number of allylic oxidation sites excluding steroid dienone is 2. The van der Waals surface area contributed by atoms with Gasteiger partial charge in [0, 0.05) is 0 Å². The lowest BCUT2D eigenvalue weighted by molar-refractivity contribution is 0.639. The molecule has 0 aromatic heterocycles. The predicted molar refractivity (Wildman–Crippen MR) is 41.3 cm³/mol. The topological polar surface area (TPSA) is 38.4 Å². The average Bonchev–Trinajstić information content (AvgIpc) is 1.58. The first-order chi connectivity index (χ1) is 4.52. The number of hydrogen-bond donors (Lipinski definition) is 1. The summed E-state index contributed by atoms with van der Waals surface area (Å²) in [6, 6.07) is 0. The molecule has 0 rings (SSSR count). The van der Waals surface area contributed by atoms with Crippen LogP contribution in [0.25, 0.3) is 0 Å². The summed E-state index contributed by atoms with van der Waals surface area (Å²) in [4.78, 5) is 3.70. The van der Waals surface area contributed by atoms with Gasteiger partial charge >= 0.3 is 0 Å². The van der Waals surface area contributed by atoms with Gasteiger partial charge in [0.15, 0.2) is 0 Å². The van der Waals surface area contributed by atoms with Gasteiger partial charge in [-0.1, -0.05) is 6.58 Å². The molecule has 2 nitrogen and oxygen atoms in total. The number of aliphatic imine (C=N–C) groups is 1. The van der Waals surface area contributed by atoms with Gasteiger partial charge in [-0.05, 0) is 19.9 Å². The zero-order chi connectivity index (χ0) is 8.15. The zero-order valence-electron chi connectivity index (χ0n) is 6.19. The molecule has 3 heteroatoms. The van der Waals surface area contributed by atoms with Crippen LogP contribution in [0.4, 0.5) is 4.39 Å². The Kier molecular flexibility index (Phi) is 3.39. The molecular formula is C7H11FN2. The normalized spacial score (nSPS) is 13.5. The molecule has 0 amide bonds. The molecule has 0 saturated heterocycles. The van der Waals surface area contributed by atoms with Gasteiger partial charge in [0.05, 0.1) is 17.4 Å². The fourth-order valence-electron chi connectivity index (χ4n) is 0.488. The van der Waals surface area contributed by atoms with Crippen LogP contribution >= 0.6 is 0 Å². The quantitative estimate of drug-likeness (QED) is 0.356. The Hall–Kier alpha value is -1.12. The van der Waals surface area contributed by atoms with Gasteiger partial charge in [0.2, 0.25) is 0 Å². The molecule has 0 bridgehead atoms. The number of amidine groups is 1. The highest BCUT2D eigenvalue weighted by atomic mass is 19.1. The van der Waals surface area contributed by atoms with Gasteiger partial charge in [-0.15, -0.1) is 0 Å². The van der Waals surface area contributed by atoms with E-state index in [0.717, 1.165) is 0 Å². The average molecular weight is 142 g/mol. The summed E-state index contributed by atoms with van der Waals surface area (Å²) in [6.07, 6.45) is 1.22. The van der Waals surface area contributed by atoms with E-state index >= 15 is 0 Å². The lowest BCUT2D eigenvalue weighted by atomic mass is 10.4. The van der Waals surface area contributed by atoms with E-state index in [-0.39, 0.29) is 5.83 Å². The minimum Gasteiger partial charge on any atom is -0.387 e. The number of hydrogen-bond acceptors (Lipinski definition) is 1. The standard InChI is InChI=1S/C7H11FN2/c1-5(8)4-6(2)10-7(3)9/h4H,2H2,1,3H3,(H2,9,10)/b5-4+. The van der Waals surface area contributed by atoms with Crippen molar-refractivity contribution < 1.29 is 4.39 Å². The summed E-state index contributed by atoms with van der Waals surface area (Å²) in [6.45, 7) is 6.39. The maximum atomic E-state index is 12.1. The molecular weight excluding hydrogens is 131 g/mol. The van der Waals surface area contributed by atoms with Crippen LogP contribution < -0.4 is 5.73 Å². The second-order valence-electron chi connectivity index (χ2n) is 1.98. The van der Waals surface area contributed by atoms with Crippen molar-refractivity contribution in [2.24, 2.45) is 10.7 Å². The first-order valence-corrected chi connectivity index (χ1v) is 2.86. The van der Waals surface area contributed by atoms with Crippen molar-refractivity contribution in [3.05, 3.63) is 24.2 Å². The number of nitrogens with zero attached hydrogens (tertiary/aromatic N) is 1. The third kappa shape index (κ3) is 5.03. The summed E-state index contributed by atoms with van der Waals surface area (Å²) < 4.78 is 12.1. The molecule has 0 aliphatic rings. The third-order valence-corrected chi connectivity index (χ3v) is 0.685. The lowest BCUT2D eigenvalue weighted by Gasteiger charge is -1.90. The van der Waals surface area contributed by atoms with E-state index in [2.05, 4.69) is 11.6 Å². The predicted octanol–water partition coefficient (Wildman–Crippen LogP) is 1.75. The number of halogens is 1. The molecule has 10 heavy (non-hydrogen) atoms. The largest absolute Gasteiger partial charge is 0.387 e. The van der Waals surface area contributed by atoms with Crippen LogP contribution in [0.3, 0.4) is 0 Å². The Morgan fingerprint density at radius 2 is 2.10 bits per heavy atom. The molecule has 0 aromatic carbocycles. The van der Waals surface area contributed by atoms with Crippen molar-refractivity contribution in [1.82, 2.24) is 0 Å². The van der Waals surface area contributed by atoms with Crippen molar-refractivity contribution >= 4 is 5.84 Å². The van der Waals surface area contributed by atoms with E-state index in [9.17, 15) is 4.39 Å². The summed E-state index contributed by atoms with van der Waals surface area (Å²) in [5.74, 6) is 0.0532. The summed E-state index contributed by atoms with van der Waals surface area (Å²) >= 11 is 0. The Bertz CT molecular complexity index is 164. The van der Waals surface area contributed by atoms with Crippen LogP contribution in [0.2, 0.25) is 0 Å². The van der Waals surface area contributed by atoms with Gasteiger partial charge in [0.1, 0.15) is 0 Å². The van der Waals surface area contributed by atoms with Crippen LogP contribution in [0, 0.1) is 0 Å². The number of rotatable bonds is 2. The van der Waals surface area contributed by atoms with Crippen LogP contribution in [0.5, 0.6) is 0 Å². The molecule has 0 aliphatic carbocycles. The SMILES string of the molecule is C=C(/C=C(\C)F)N=C(C)N. The highest BCUT2D eigenvalue weighted by Crippen LogP contribution is 2.01. The van der Waals surface area contributed by atoms with Crippen molar-refractivity contribution in [3.8, 4) is 0 Å². The second-order valence-corrected chi connectivity index (χ2v) is 1.98. The van der Waals surface area contributed by atoms with Gasteiger partial charge < -0.3 is 5.73 Å². The van der Waals surface area contributed by atoms with Crippen LogP contribution in [-0.4, -0.2) is 5.84 Å². The molecule has 0 heterocycles. The number of nitrogens with two attached hydrogens (primary N) is 1. The summed E-state index contributed by atoms with van der Waals surface area (Å²) in [5.41, 5.74) is 5.54. The molecule has 0 saturated carbocycles. The molecule has 0 atom stereocenters. The van der Waals surface area contributed by atoms with E-state index in [1.54, 1.807) is 6.92 Å². The highest BCUT2D eigenvalue weighted by molar-refractivity contribution is 5.78. The maximum absolute atomic E-state index is 12.1. The third-order valence-electron chi connectivity index (χ3n) is 0.685. The molecule has 2 N–H and O–H groups in total. The zero-order valence-corrected chi connectivity index (χ0v) is 6.19. The van der Waals surface area contributed by atoms with Gasteiger partial charge in [0.25, 0.3) is 0 Å². The van der Waals surface area contributed by atoms with Crippen LogP contribution in [0.15, 0.2) is 29.2 Å². The monoisotopic (exact) mass is 142 g/mol. The molecule has 0 unspecified atom stereocenters. The van der Waals surface area contributed by atoms with Crippen molar-refractivity contribution in [3.63, 3.8) is 0 Å². The maximum Gasteiger partial charge on any atom is 0.0989 e. The molecule has 56 valence electrons. The van der Waals surface area contributed by atoms with Crippen molar-refractivity contribution in [1.29, 1.82) is 0 Å². The molecule has 0 fully saturated rings. The fourth-order valence-corrected chi connectivity index (χ4v) is 0.488. The molecule has 0 spiro atoms. The molecule has 0 aromatic rings. The van der Waals surface area contributed by atoms with E-state index in [4.69, 9.17) is 5.73 Å². The highest BCUT2D eigenvalue weighted by Gasteiger charge is 1.86. The van der Waals surface area contributed by atoms with Gasteiger partial charge in [-0.25, -0.2) is 9.38 Å². The lowest BCUT2D eigenvalue weighted by Crippen LogP contribution is -2.04. The van der Waals surface area contributed by atoms with Gasteiger partial charge in [-0.2, -0.15) is 0 Å². The van der Waals surface area contributed by atoms with E-state index in [1.807, 2.05) is 0 Å². The summed E-state index contributed by atoms with van der Waals surface area (Å²) in [7, 11) is 0. The summed E-state index contributed by atoms with van der Waals surface area (Å²) in [5, 5.41) is 0. The Morgan fingerprint density at radius 1 is 1.60 bits per heavy atom. The Morgan fingerprint density at radius 3 is 2.40 bits per heavy atom. The van der Waals surface area contributed by atoms with E-state index in [1.165, 1.54) is 13.0 Å². The smallest absolute Gasteiger partial charge is 0.0989 e.